The van der Waals surface area contributed by atoms with Crippen molar-refractivity contribution in [3.63, 3.8) is 0 Å². The van der Waals surface area contributed by atoms with E-state index in [1.54, 1.807) is 6.92 Å². The smallest absolute Gasteiger partial charge is 0.226 e. The summed E-state index contributed by atoms with van der Waals surface area (Å²) < 4.78 is 5.99. The number of nitrogens with zero attached hydrogens (tertiary/aromatic N) is 2. The van der Waals surface area contributed by atoms with Crippen LogP contribution in [0.15, 0.2) is 24.3 Å². The molecule has 0 aliphatic carbocycles. The predicted octanol–water partition coefficient (Wildman–Crippen LogP) is 4.84. The summed E-state index contributed by atoms with van der Waals surface area (Å²) in [6.45, 7) is 10.1. The third-order valence-electron chi connectivity index (χ3n) is 3.06. The summed E-state index contributed by atoms with van der Waals surface area (Å²) in [5.41, 5.74) is 1.88. The lowest BCUT2D eigenvalue weighted by Gasteiger charge is -2.22. The van der Waals surface area contributed by atoms with E-state index < -0.39 is 0 Å². The van der Waals surface area contributed by atoms with E-state index in [0.29, 0.717) is 16.9 Å². The maximum atomic E-state index is 6.08. The van der Waals surface area contributed by atoms with Crippen LogP contribution in [0.4, 0.5) is 0 Å². The minimum atomic E-state index is -0.00360. The predicted molar refractivity (Wildman–Crippen MR) is 81.7 cm³/mol. The molecule has 0 aliphatic rings. The average Bonchev–Trinajstić information content (AvgIpc) is 2.34. The minimum Gasteiger partial charge on any atom is -0.438 e. The molecule has 0 N–H and O–H groups in total. The largest absolute Gasteiger partial charge is 0.438 e. The molecule has 0 aliphatic heterocycles. The van der Waals surface area contributed by atoms with E-state index in [2.05, 4.69) is 36.8 Å². The molecule has 1 aromatic heterocycles. The van der Waals surface area contributed by atoms with Gasteiger partial charge in [-0.25, -0.2) is 4.98 Å². The monoisotopic (exact) mass is 290 g/mol. The Morgan fingerprint density at radius 1 is 1.05 bits per heavy atom. The van der Waals surface area contributed by atoms with E-state index in [0.717, 1.165) is 16.9 Å². The molecule has 1 aromatic carbocycles. The van der Waals surface area contributed by atoms with Crippen molar-refractivity contribution in [2.45, 2.75) is 40.0 Å². The van der Waals surface area contributed by atoms with Crippen LogP contribution in [0.5, 0.6) is 11.6 Å². The summed E-state index contributed by atoms with van der Waals surface area (Å²) in [5.74, 6) is 1.92. The maximum absolute atomic E-state index is 6.08. The van der Waals surface area contributed by atoms with Crippen molar-refractivity contribution in [2.24, 2.45) is 0 Å². The molecule has 0 saturated heterocycles. The molecule has 20 heavy (non-hydrogen) atoms. The van der Waals surface area contributed by atoms with E-state index in [9.17, 15) is 0 Å². The Morgan fingerprint density at radius 3 is 2.35 bits per heavy atom. The third kappa shape index (κ3) is 3.10. The fourth-order valence-corrected chi connectivity index (χ4v) is 2.15. The Bertz CT molecular complexity index is 633. The fraction of sp³-hybridized carbons (Fsp3) is 0.375. The van der Waals surface area contributed by atoms with Crippen molar-refractivity contribution < 1.29 is 4.74 Å². The highest BCUT2D eigenvalue weighted by atomic mass is 35.5. The van der Waals surface area contributed by atoms with Gasteiger partial charge in [0.1, 0.15) is 16.7 Å². The number of halogens is 1. The van der Waals surface area contributed by atoms with Gasteiger partial charge in [-0.3, -0.25) is 0 Å². The second kappa shape index (κ2) is 5.41. The van der Waals surface area contributed by atoms with Crippen molar-refractivity contribution in [3.05, 3.63) is 46.4 Å². The highest BCUT2D eigenvalue weighted by Gasteiger charge is 2.20. The van der Waals surface area contributed by atoms with Gasteiger partial charge in [-0.2, -0.15) is 4.98 Å². The SMILES string of the molecule is Cc1nc(Cl)c(C)c(Oc2ccccc2C(C)(C)C)n1. The first kappa shape index (κ1) is 14.8. The molecule has 0 atom stereocenters. The molecular formula is C16H19ClN2O. The van der Waals surface area contributed by atoms with Gasteiger partial charge in [0.2, 0.25) is 5.88 Å². The number of benzene rings is 1. The van der Waals surface area contributed by atoms with Crippen LogP contribution in [0.2, 0.25) is 5.15 Å². The lowest BCUT2D eigenvalue weighted by atomic mass is 9.86. The molecule has 1 heterocycles. The Hall–Kier alpha value is -1.61. The van der Waals surface area contributed by atoms with Gasteiger partial charge in [0.05, 0.1) is 0 Å². The summed E-state index contributed by atoms with van der Waals surface area (Å²) in [5, 5.41) is 0.431. The first-order chi connectivity index (χ1) is 9.29. The summed E-state index contributed by atoms with van der Waals surface area (Å²) in [6.07, 6.45) is 0. The molecule has 0 amide bonds. The molecule has 0 saturated carbocycles. The van der Waals surface area contributed by atoms with Crippen LogP contribution in [0, 0.1) is 13.8 Å². The summed E-state index contributed by atoms with van der Waals surface area (Å²) >= 11 is 6.08. The van der Waals surface area contributed by atoms with Crippen LogP contribution in [0.25, 0.3) is 0 Å². The van der Waals surface area contributed by atoms with Crippen LogP contribution >= 0.6 is 11.6 Å². The van der Waals surface area contributed by atoms with Gasteiger partial charge in [-0.05, 0) is 25.3 Å². The lowest BCUT2D eigenvalue weighted by molar-refractivity contribution is 0.434. The summed E-state index contributed by atoms with van der Waals surface area (Å²) in [7, 11) is 0. The molecule has 0 unspecified atom stereocenters. The standard InChI is InChI=1S/C16H19ClN2O/c1-10-14(17)18-11(2)19-15(10)20-13-9-7-6-8-12(13)16(3,4)5/h6-9H,1-5H3. The fourth-order valence-electron chi connectivity index (χ4n) is 1.95. The molecule has 4 heteroatoms. The number of hydrogen-bond acceptors (Lipinski definition) is 3. The van der Waals surface area contributed by atoms with E-state index in [4.69, 9.17) is 16.3 Å². The van der Waals surface area contributed by atoms with E-state index >= 15 is 0 Å². The number of rotatable bonds is 2. The molecule has 0 radical (unpaired) electrons. The molecule has 0 spiro atoms. The van der Waals surface area contributed by atoms with E-state index in [1.807, 2.05) is 25.1 Å². The van der Waals surface area contributed by atoms with Crippen LogP contribution < -0.4 is 4.74 Å². The number of aryl methyl sites for hydroxylation is 1. The molecule has 2 rings (SSSR count). The number of hydrogen-bond donors (Lipinski definition) is 0. The Kier molecular flexibility index (Phi) is 4.00. The van der Waals surface area contributed by atoms with Crippen LogP contribution in [-0.2, 0) is 5.41 Å². The van der Waals surface area contributed by atoms with Gasteiger partial charge in [0, 0.05) is 11.1 Å². The van der Waals surface area contributed by atoms with Gasteiger partial charge < -0.3 is 4.74 Å². The zero-order valence-electron chi connectivity index (χ0n) is 12.5. The van der Waals surface area contributed by atoms with Crippen molar-refractivity contribution in [1.82, 2.24) is 9.97 Å². The van der Waals surface area contributed by atoms with E-state index in [-0.39, 0.29) is 5.41 Å². The first-order valence-electron chi connectivity index (χ1n) is 6.57. The number of ether oxygens (including phenoxy) is 1. The average molecular weight is 291 g/mol. The van der Waals surface area contributed by atoms with Crippen molar-refractivity contribution >= 4 is 11.6 Å². The molecule has 3 nitrogen and oxygen atoms in total. The highest BCUT2D eigenvalue weighted by Crippen LogP contribution is 2.35. The van der Waals surface area contributed by atoms with Crippen molar-refractivity contribution in [1.29, 1.82) is 0 Å². The minimum absolute atomic E-state index is 0.00360. The normalized spacial score (nSPS) is 11.5. The number of aromatic nitrogens is 2. The quantitative estimate of drug-likeness (QED) is 0.743. The summed E-state index contributed by atoms with van der Waals surface area (Å²) in [6, 6.07) is 7.99. The Morgan fingerprint density at radius 2 is 1.70 bits per heavy atom. The van der Waals surface area contributed by atoms with Crippen LogP contribution in [-0.4, -0.2) is 9.97 Å². The molecule has 0 fully saturated rings. The van der Waals surface area contributed by atoms with Gasteiger partial charge in [0.25, 0.3) is 0 Å². The lowest BCUT2D eigenvalue weighted by Crippen LogP contribution is -2.12. The van der Waals surface area contributed by atoms with Crippen molar-refractivity contribution in [2.75, 3.05) is 0 Å². The number of para-hydroxylation sites is 1. The highest BCUT2D eigenvalue weighted by molar-refractivity contribution is 6.30. The van der Waals surface area contributed by atoms with Gasteiger partial charge in [-0.1, -0.05) is 50.6 Å². The van der Waals surface area contributed by atoms with Gasteiger partial charge >= 0.3 is 0 Å². The van der Waals surface area contributed by atoms with Crippen LogP contribution in [0.3, 0.4) is 0 Å². The zero-order chi connectivity index (χ0) is 14.9. The third-order valence-corrected chi connectivity index (χ3v) is 3.42. The second-order valence-corrected chi connectivity index (χ2v) is 6.20. The van der Waals surface area contributed by atoms with Crippen LogP contribution in [0.1, 0.15) is 37.7 Å². The molecular weight excluding hydrogens is 272 g/mol. The molecule has 0 bridgehead atoms. The van der Waals surface area contributed by atoms with Gasteiger partial charge in [-0.15, -0.1) is 0 Å². The maximum Gasteiger partial charge on any atom is 0.226 e. The Balaban J connectivity index is 2.46. The van der Waals surface area contributed by atoms with Crippen molar-refractivity contribution in [3.8, 4) is 11.6 Å². The topological polar surface area (TPSA) is 35.0 Å². The molecule has 2 aromatic rings. The Labute approximate surface area is 125 Å². The zero-order valence-corrected chi connectivity index (χ0v) is 13.2. The first-order valence-corrected chi connectivity index (χ1v) is 6.95. The second-order valence-electron chi connectivity index (χ2n) is 5.84. The molecule has 106 valence electrons. The summed E-state index contributed by atoms with van der Waals surface area (Å²) in [4.78, 5) is 8.46. The van der Waals surface area contributed by atoms with E-state index in [1.165, 1.54) is 0 Å². The van der Waals surface area contributed by atoms with Gasteiger partial charge in [0.15, 0.2) is 0 Å².